The minimum Gasteiger partial charge on any atom is -0.478 e. The van der Waals surface area contributed by atoms with Gasteiger partial charge in [-0.15, -0.1) is 12.6 Å². The first-order chi connectivity index (χ1) is 3.12. The van der Waals surface area contributed by atoms with E-state index in [2.05, 4.69) is 0 Å². The van der Waals surface area contributed by atoms with Gasteiger partial charge in [0.1, 0.15) is 0 Å². The fourth-order valence-electron chi connectivity index (χ4n) is 0.289. The van der Waals surface area contributed by atoms with Crippen LogP contribution in [-0.4, -0.2) is 6.70 Å². The van der Waals surface area contributed by atoms with E-state index in [-0.39, 0.29) is 12.6 Å². The lowest BCUT2D eigenvalue weighted by Gasteiger charge is -2.16. The summed E-state index contributed by atoms with van der Waals surface area (Å²) in [6.07, 6.45) is 0.0486. The molecule has 0 radical (unpaired) electrons. The van der Waals surface area contributed by atoms with Crippen molar-refractivity contribution in [3.63, 3.8) is 0 Å². The summed E-state index contributed by atoms with van der Waals surface area (Å²) in [5, 5.41) is 0. The zero-order chi connectivity index (χ0) is 5.91. The minimum absolute atomic E-state index is 0.0243. The molecule has 0 amide bonds. The van der Waals surface area contributed by atoms with Gasteiger partial charge in [-0.1, -0.05) is 13.8 Å². The van der Waals surface area contributed by atoms with Crippen LogP contribution in [0.25, 0.3) is 0 Å². The topological polar surface area (TPSA) is 0 Å². The summed E-state index contributed by atoms with van der Waals surface area (Å²) in [6, 6.07) is 0. The average Bonchev–Trinajstić information content (AvgIpc) is 1.68. The van der Waals surface area contributed by atoms with Gasteiger partial charge in [-0.25, -0.2) is 0 Å². The fraction of sp³-hybridized carbons (Fsp3) is 1.00. The van der Waals surface area contributed by atoms with Crippen LogP contribution in [0.2, 0.25) is 12.6 Å². The highest BCUT2D eigenvalue weighted by Crippen LogP contribution is 2.16. The van der Waals surface area contributed by atoms with E-state index in [0.29, 0.717) is 0 Å². The van der Waals surface area contributed by atoms with Crippen LogP contribution in [0.4, 0.5) is 8.63 Å². The zero-order valence-corrected chi connectivity index (χ0v) is 4.75. The Bertz CT molecular complexity index is 47.7. The third kappa shape index (κ3) is 2.60. The molecule has 0 aliphatic heterocycles. The Kier molecular flexibility index (Phi) is 2.26. The Morgan fingerprint density at radius 3 is 1.43 bits per heavy atom. The molecule has 0 rings (SSSR count). The quantitative estimate of drug-likeness (QED) is 0.475. The maximum absolute atomic E-state index is 11.9. The van der Waals surface area contributed by atoms with Crippen LogP contribution in [0.1, 0.15) is 13.8 Å². The summed E-state index contributed by atoms with van der Waals surface area (Å²) >= 11 is 0. The van der Waals surface area contributed by atoms with Gasteiger partial charge in [0.25, 0.3) is 0 Å². The van der Waals surface area contributed by atoms with Crippen LogP contribution in [0, 0.1) is 0 Å². The van der Waals surface area contributed by atoms with Gasteiger partial charge in [-0.3, -0.25) is 0 Å². The summed E-state index contributed by atoms with van der Waals surface area (Å²) < 4.78 is 23.9. The second-order valence-electron chi connectivity index (χ2n) is 1.80. The molecule has 44 valence electrons. The highest BCUT2D eigenvalue weighted by Gasteiger charge is 2.16. The summed E-state index contributed by atoms with van der Waals surface area (Å²) in [5.41, 5.74) is 0. The molecule has 3 heteroatoms. The van der Waals surface area contributed by atoms with Crippen LogP contribution >= 0.6 is 0 Å². The van der Waals surface area contributed by atoms with E-state index in [9.17, 15) is 8.63 Å². The van der Waals surface area contributed by atoms with Gasteiger partial charge in [-0.2, -0.15) is 0 Å². The Balaban J connectivity index is 3.36. The summed E-state index contributed by atoms with van der Waals surface area (Å²) in [5.74, 6) is 0. The van der Waals surface area contributed by atoms with E-state index in [1.807, 2.05) is 0 Å². The van der Waals surface area contributed by atoms with Crippen molar-refractivity contribution in [1.82, 2.24) is 0 Å². The van der Waals surface area contributed by atoms with Crippen molar-refractivity contribution in [1.29, 1.82) is 0 Å². The van der Waals surface area contributed by atoms with E-state index >= 15 is 0 Å². The van der Waals surface area contributed by atoms with Crippen molar-refractivity contribution in [2.75, 3.05) is 0 Å². The first-order valence-electron chi connectivity index (χ1n) is 2.67. The second kappa shape index (κ2) is 2.29. The predicted molar refractivity (Wildman–Crippen MR) is 28.9 cm³/mol. The monoisotopic (exact) mass is 107 g/mol. The average molecular weight is 107 g/mol. The van der Waals surface area contributed by atoms with Crippen LogP contribution in [-0.2, 0) is 0 Å². The summed E-state index contributed by atoms with van der Waals surface area (Å²) in [6.45, 7) is 0.0625. The molecule has 0 heterocycles. The van der Waals surface area contributed by atoms with Crippen LogP contribution in [0.3, 0.4) is 0 Å². The van der Waals surface area contributed by atoms with E-state index in [4.69, 9.17) is 0 Å². The van der Waals surface area contributed by atoms with Gasteiger partial charge < -0.3 is 8.63 Å². The maximum Gasteiger partial charge on any atom is 0.305 e. The van der Waals surface area contributed by atoms with Gasteiger partial charge >= 0.3 is 6.70 Å². The first kappa shape index (κ1) is 6.92. The molecule has 0 unspecified atom stereocenters. The van der Waals surface area contributed by atoms with Crippen LogP contribution in [0.15, 0.2) is 0 Å². The zero-order valence-electron chi connectivity index (χ0n) is 4.75. The fourth-order valence-corrected chi connectivity index (χ4v) is 0.289. The lowest BCUT2D eigenvalue weighted by atomic mass is 9.60. The molecule has 0 aromatic rings. The minimum atomic E-state index is -2.97. The highest BCUT2D eigenvalue weighted by molar-refractivity contribution is 6.65. The van der Waals surface area contributed by atoms with Gasteiger partial charge in [0, 0.05) is 0 Å². The summed E-state index contributed by atoms with van der Waals surface area (Å²) in [4.78, 5) is 0. The van der Waals surface area contributed by atoms with E-state index in [1.165, 1.54) is 13.8 Å². The van der Waals surface area contributed by atoms with Crippen molar-refractivity contribution in [3.05, 3.63) is 0 Å². The van der Waals surface area contributed by atoms with E-state index in [1.54, 1.807) is 0 Å². The molecule has 0 fully saturated rings. The highest BCUT2D eigenvalue weighted by atomic mass is 19.2. The molecular weight excluding hydrogens is 96.9 g/mol. The molecule has 0 atom stereocenters. The van der Waals surface area contributed by atoms with Gasteiger partial charge in [0.2, 0.25) is 0 Å². The Morgan fingerprint density at radius 2 is 1.43 bits per heavy atom. The normalized spacial score (nSPS) is 12.0. The molecule has 0 bridgehead atoms. The molecule has 0 aromatic heterocycles. The standard InChI is InChI=1S/C4H10BF2/c1-3-5(6,7)4-2/h3-4H2,1-2H3/q-1. The lowest BCUT2D eigenvalue weighted by molar-refractivity contribution is 0.595. The molecule has 0 saturated carbocycles. The second-order valence-corrected chi connectivity index (χ2v) is 1.80. The molecule has 0 nitrogen and oxygen atoms in total. The molecule has 0 spiro atoms. The summed E-state index contributed by atoms with van der Waals surface area (Å²) in [7, 11) is 0. The van der Waals surface area contributed by atoms with Crippen molar-refractivity contribution in [2.45, 2.75) is 26.5 Å². The SMILES string of the molecule is CC[B-](F)(F)CC. The maximum atomic E-state index is 11.9. The molecular formula is C4H10BF2-. The largest absolute Gasteiger partial charge is 0.478 e. The number of rotatable bonds is 2. The lowest BCUT2D eigenvalue weighted by Crippen LogP contribution is -2.17. The smallest absolute Gasteiger partial charge is 0.305 e. The predicted octanol–water partition coefficient (Wildman–Crippen LogP) is 2.41. The van der Waals surface area contributed by atoms with Crippen molar-refractivity contribution >= 4 is 6.70 Å². The van der Waals surface area contributed by atoms with E-state index in [0.717, 1.165) is 0 Å². The third-order valence-electron chi connectivity index (χ3n) is 1.19. The van der Waals surface area contributed by atoms with Crippen molar-refractivity contribution in [2.24, 2.45) is 0 Å². The van der Waals surface area contributed by atoms with Gasteiger partial charge in [0.05, 0.1) is 0 Å². The molecule has 0 aliphatic carbocycles. The number of hydrogen-bond donors (Lipinski definition) is 0. The number of hydrogen-bond acceptors (Lipinski definition) is 0. The first-order valence-corrected chi connectivity index (χ1v) is 2.67. The van der Waals surface area contributed by atoms with Crippen LogP contribution < -0.4 is 0 Å². The molecule has 0 aromatic carbocycles. The Morgan fingerprint density at radius 1 is 1.14 bits per heavy atom. The van der Waals surface area contributed by atoms with Gasteiger partial charge in [0.15, 0.2) is 0 Å². The number of halogens is 2. The molecule has 0 aliphatic rings. The molecule has 0 saturated heterocycles. The molecule has 7 heavy (non-hydrogen) atoms. The van der Waals surface area contributed by atoms with Crippen molar-refractivity contribution < 1.29 is 8.63 Å². The molecule has 0 N–H and O–H groups in total. The Hall–Kier alpha value is -0.0751. The Labute approximate surface area is 42.9 Å². The van der Waals surface area contributed by atoms with Crippen LogP contribution in [0.5, 0.6) is 0 Å². The third-order valence-corrected chi connectivity index (χ3v) is 1.19. The van der Waals surface area contributed by atoms with Gasteiger partial charge in [-0.05, 0) is 0 Å². The van der Waals surface area contributed by atoms with Crippen molar-refractivity contribution in [3.8, 4) is 0 Å². The van der Waals surface area contributed by atoms with E-state index < -0.39 is 6.70 Å².